The van der Waals surface area contributed by atoms with Crippen molar-refractivity contribution in [2.45, 2.75) is 37.7 Å². The number of amides is 1. The molecular weight excluding hydrogens is 388 g/mol. The number of ether oxygens (including phenoxy) is 1. The first-order chi connectivity index (χ1) is 15.1. The summed E-state index contributed by atoms with van der Waals surface area (Å²) in [4.78, 5) is 16.3. The SMILES string of the molecule is C=CCN1C(=O)CCc2ccc(OCC(O)CN3CCC(c4ccccc4)CC3)cc21. The Balaban J connectivity index is 1.27. The van der Waals surface area contributed by atoms with Gasteiger partial charge in [0, 0.05) is 25.6 Å². The molecule has 0 aromatic heterocycles. The van der Waals surface area contributed by atoms with E-state index in [1.165, 1.54) is 5.56 Å². The van der Waals surface area contributed by atoms with E-state index in [4.69, 9.17) is 4.74 Å². The number of aliphatic hydroxyl groups is 1. The Bertz CT molecular complexity index is 891. The number of hydrogen-bond donors (Lipinski definition) is 1. The molecule has 1 saturated heterocycles. The lowest BCUT2D eigenvalue weighted by Gasteiger charge is -2.33. The number of benzene rings is 2. The molecule has 164 valence electrons. The maximum absolute atomic E-state index is 12.3. The number of nitrogens with zero attached hydrogens (tertiary/aromatic N) is 2. The van der Waals surface area contributed by atoms with Crippen LogP contribution in [0.5, 0.6) is 5.75 Å². The molecule has 31 heavy (non-hydrogen) atoms. The third-order valence-electron chi connectivity index (χ3n) is 6.34. The van der Waals surface area contributed by atoms with E-state index < -0.39 is 6.10 Å². The van der Waals surface area contributed by atoms with Crippen LogP contribution >= 0.6 is 0 Å². The maximum Gasteiger partial charge on any atom is 0.227 e. The molecule has 2 aromatic carbocycles. The Morgan fingerprint density at radius 1 is 1.13 bits per heavy atom. The van der Waals surface area contributed by atoms with Crippen molar-refractivity contribution in [3.63, 3.8) is 0 Å². The smallest absolute Gasteiger partial charge is 0.227 e. The molecule has 1 N–H and O–H groups in total. The van der Waals surface area contributed by atoms with Gasteiger partial charge in [-0.1, -0.05) is 42.5 Å². The second-order valence-corrected chi connectivity index (χ2v) is 8.53. The van der Waals surface area contributed by atoms with E-state index in [1.807, 2.05) is 18.2 Å². The highest BCUT2D eigenvalue weighted by Crippen LogP contribution is 2.32. The molecule has 2 aliphatic heterocycles. The fraction of sp³-hybridized carbons (Fsp3) is 0.423. The summed E-state index contributed by atoms with van der Waals surface area (Å²) >= 11 is 0. The van der Waals surface area contributed by atoms with Gasteiger partial charge in [-0.05, 0) is 55.5 Å². The minimum absolute atomic E-state index is 0.114. The molecule has 0 saturated carbocycles. The van der Waals surface area contributed by atoms with E-state index in [-0.39, 0.29) is 12.5 Å². The summed E-state index contributed by atoms with van der Waals surface area (Å²) in [6.45, 7) is 7.11. The van der Waals surface area contributed by atoms with E-state index in [0.29, 0.717) is 31.2 Å². The van der Waals surface area contributed by atoms with Gasteiger partial charge in [-0.3, -0.25) is 4.79 Å². The number of β-amino-alcohol motifs (C(OH)–C–C–N with tert-alkyl or cyclic N) is 1. The van der Waals surface area contributed by atoms with Crippen LogP contribution in [-0.2, 0) is 11.2 Å². The summed E-state index contributed by atoms with van der Waals surface area (Å²) in [5.41, 5.74) is 3.46. The molecule has 2 aliphatic rings. The van der Waals surface area contributed by atoms with Gasteiger partial charge in [0.2, 0.25) is 5.91 Å². The quantitative estimate of drug-likeness (QED) is 0.661. The summed E-state index contributed by atoms with van der Waals surface area (Å²) in [6, 6.07) is 16.6. The summed E-state index contributed by atoms with van der Waals surface area (Å²) in [5.74, 6) is 1.41. The van der Waals surface area contributed by atoms with Gasteiger partial charge in [-0.15, -0.1) is 6.58 Å². The topological polar surface area (TPSA) is 53.0 Å². The van der Waals surface area contributed by atoms with Crippen molar-refractivity contribution < 1.29 is 14.6 Å². The normalized spacial score (nSPS) is 18.5. The summed E-state index contributed by atoms with van der Waals surface area (Å²) in [5, 5.41) is 10.5. The second kappa shape index (κ2) is 10.1. The predicted molar refractivity (Wildman–Crippen MR) is 124 cm³/mol. The molecule has 4 rings (SSSR count). The minimum Gasteiger partial charge on any atom is -0.491 e. The largest absolute Gasteiger partial charge is 0.491 e. The number of likely N-dealkylation sites (tertiary alicyclic amines) is 1. The van der Waals surface area contributed by atoms with Gasteiger partial charge >= 0.3 is 0 Å². The molecule has 5 heteroatoms. The van der Waals surface area contributed by atoms with Gasteiger partial charge in [0.05, 0.1) is 5.69 Å². The van der Waals surface area contributed by atoms with Crippen molar-refractivity contribution in [3.8, 4) is 5.75 Å². The first-order valence-electron chi connectivity index (χ1n) is 11.3. The molecule has 1 fully saturated rings. The number of fused-ring (bicyclic) bond motifs is 1. The molecule has 1 unspecified atom stereocenters. The van der Waals surface area contributed by atoms with Gasteiger partial charge in [0.15, 0.2) is 0 Å². The Labute approximate surface area is 184 Å². The highest BCUT2D eigenvalue weighted by molar-refractivity contribution is 5.96. The van der Waals surface area contributed by atoms with Crippen LogP contribution in [0.1, 0.15) is 36.3 Å². The highest BCUT2D eigenvalue weighted by atomic mass is 16.5. The van der Waals surface area contributed by atoms with E-state index >= 15 is 0 Å². The molecule has 1 amide bonds. The number of hydrogen-bond acceptors (Lipinski definition) is 4. The first kappa shape index (κ1) is 21.6. The zero-order chi connectivity index (χ0) is 21.6. The van der Waals surface area contributed by atoms with Crippen LogP contribution in [0.3, 0.4) is 0 Å². The average molecular weight is 421 g/mol. The van der Waals surface area contributed by atoms with Gasteiger partial charge in [0.1, 0.15) is 18.5 Å². The number of anilines is 1. The molecule has 0 spiro atoms. The highest BCUT2D eigenvalue weighted by Gasteiger charge is 2.24. The third-order valence-corrected chi connectivity index (χ3v) is 6.34. The van der Waals surface area contributed by atoms with Crippen LogP contribution in [0, 0.1) is 0 Å². The molecule has 5 nitrogen and oxygen atoms in total. The van der Waals surface area contributed by atoms with Crippen molar-refractivity contribution in [1.82, 2.24) is 4.90 Å². The van der Waals surface area contributed by atoms with Crippen LogP contribution in [-0.4, -0.2) is 54.8 Å². The Morgan fingerprint density at radius 3 is 2.65 bits per heavy atom. The van der Waals surface area contributed by atoms with Gasteiger partial charge < -0.3 is 19.6 Å². The summed E-state index contributed by atoms with van der Waals surface area (Å²) in [6.07, 6.45) is 4.72. The number of carbonyl (C=O) groups is 1. The number of piperidine rings is 1. The van der Waals surface area contributed by atoms with Gasteiger partial charge in [-0.25, -0.2) is 0 Å². The molecule has 2 heterocycles. The Hall–Kier alpha value is -2.63. The average Bonchev–Trinajstić information content (AvgIpc) is 2.81. The summed E-state index contributed by atoms with van der Waals surface area (Å²) < 4.78 is 5.89. The molecule has 0 aliphatic carbocycles. The number of aryl methyl sites for hydroxylation is 1. The predicted octanol–water partition coefficient (Wildman–Crippen LogP) is 3.77. The second-order valence-electron chi connectivity index (χ2n) is 8.53. The van der Waals surface area contributed by atoms with Crippen LogP contribution in [0.25, 0.3) is 0 Å². The molecule has 1 atom stereocenters. The lowest BCUT2D eigenvalue weighted by Crippen LogP contribution is -2.40. The van der Waals surface area contributed by atoms with Gasteiger partial charge in [0.25, 0.3) is 0 Å². The van der Waals surface area contributed by atoms with Crippen LogP contribution in [0.4, 0.5) is 5.69 Å². The first-order valence-corrected chi connectivity index (χ1v) is 11.3. The van der Waals surface area contributed by atoms with Crippen molar-refractivity contribution >= 4 is 11.6 Å². The molecule has 2 aromatic rings. The standard InChI is InChI=1S/C26H32N2O3/c1-2-14-28-25-17-24(10-8-22(25)9-11-26(28)30)31-19-23(29)18-27-15-12-21(13-16-27)20-6-4-3-5-7-20/h2-8,10,17,21,23,29H,1,9,11-16,18-19H2. The number of rotatable bonds is 8. The zero-order valence-corrected chi connectivity index (χ0v) is 18.1. The molecule has 0 radical (unpaired) electrons. The Kier molecular flexibility index (Phi) is 7.05. The summed E-state index contributed by atoms with van der Waals surface area (Å²) in [7, 11) is 0. The van der Waals surface area contributed by atoms with Gasteiger partial charge in [-0.2, -0.15) is 0 Å². The number of aliphatic hydroxyl groups excluding tert-OH is 1. The minimum atomic E-state index is -0.546. The lowest BCUT2D eigenvalue weighted by atomic mass is 9.89. The van der Waals surface area contributed by atoms with E-state index in [1.54, 1.807) is 11.0 Å². The lowest BCUT2D eigenvalue weighted by molar-refractivity contribution is -0.118. The fourth-order valence-corrected chi connectivity index (χ4v) is 4.65. The maximum atomic E-state index is 12.3. The fourth-order valence-electron chi connectivity index (χ4n) is 4.65. The van der Waals surface area contributed by atoms with Crippen molar-refractivity contribution in [1.29, 1.82) is 0 Å². The number of carbonyl (C=O) groups excluding carboxylic acids is 1. The third kappa shape index (κ3) is 5.35. The monoisotopic (exact) mass is 420 g/mol. The van der Waals surface area contributed by atoms with Crippen LogP contribution < -0.4 is 9.64 Å². The van der Waals surface area contributed by atoms with Crippen molar-refractivity contribution in [3.05, 3.63) is 72.3 Å². The Morgan fingerprint density at radius 2 is 1.90 bits per heavy atom. The molecular formula is C26H32N2O3. The van der Waals surface area contributed by atoms with Crippen molar-refractivity contribution in [2.75, 3.05) is 37.7 Å². The van der Waals surface area contributed by atoms with Crippen LogP contribution in [0.15, 0.2) is 61.2 Å². The van der Waals surface area contributed by atoms with E-state index in [9.17, 15) is 9.90 Å². The molecule has 0 bridgehead atoms. The zero-order valence-electron chi connectivity index (χ0n) is 18.1. The van der Waals surface area contributed by atoms with Crippen LogP contribution in [0.2, 0.25) is 0 Å². The van der Waals surface area contributed by atoms with Crippen molar-refractivity contribution in [2.24, 2.45) is 0 Å². The van der Waals surface area contributed by atoms with E-state index in [2.05, 4.69) is 41.8 Å². The van der Waals surface area contributed by atoms with E-state index in [0.717, 1.165) is 43.6 Å².